The van der Waals surface area contributed by atoms with Crippen LogP contribution in [-0.4, -0.2) is 17.8 Å². The van der Waals surface area contributed by atoms with Crippen LogP contribution in [-0.2, 0) is 11.3 Å². The van der Waals surface area contributed by atoms with E-state index >= 15 is 0 Å². The minimum absolute atomic E-state index is 0.0865. The molecule has 158 valence electrons. The van der Waals surface area contributed by atoms with E-state index in [4.69, 9.17) is 17.3 Å². The average Bonchev–Trinajstić information content (AvgIpc) is 2.76. The minimum Gasteiger partial charge on any atom is -0.385 e. The maximum Gasteiger partial charge on any atom is 0.258 e. The summed E-state index contributed by atoms with van der Waals surface area (Å²) in [7, 11) is 0. The van der Waals surface area contributed by atoms with Crippen LogP contribution < -0.4 is 11.1 Å². The van der Waals surface area contributed by atoms with E-state index in [0.717, 1.165) is 16.7 Å². The zero-order valence-electron chi connectivity index (χ0n) is 17.4. The number of halogens is 1. The molecular weight excluding hydrogens is 410 g/mol. The molecule has 0 fully saturated rings. The summed E-state index contributed by atoms with van der Waals surface area (Å²) >= 11 is 6.07. The number of para-hydroxylation sites is 1. The molecular formula is C24H24ClN5O. The zero-order valence-corrected chi connectivity index (χ0v) is 18.2. The molecule has 3 N–H and O–H groups in total. The number of anilines is 1. The van der Waals surface area contributed by atoms with Gasteiger partial charge in [-0.3, -0.25) is 9.79 Å². The van der Waals surface area contributed by atoms with Gasteiger partial charge in [-0.25, -0.2) is 0 Å². The molecule has 0 saturated heterocycles. The van der Waals surface area contributed by atoms with Crippen LogP contribution in [0.4, 0.5) is 11.4 Å². The van der Waals surface area contributed by atoms with E-state index in [1.54, 1.807) is 30.3 Å². The van der Waals surface area contributed by atoms with Gasteiger partial charge in [0.2, 0.25) is 6.04 Å². The van der Waals surface area contributed by atoms with Crippen LogP contribution in [0.5, 0.6) is 0 Å². The Hall–Kier alpha value is -3.51. The molecule has 0 saturated carbocycles. The molecule has 1 unspecified atom stereocenters. The first-order valence-electron chi connectivity index (χ1n) is 9.80. The first-order valence-corrected chi connectivity index (χ1v) is 10.2. The van der Waals surface area contributed by atoms with Crippen molar-refractivity contribution < 1.29 is 4.79 Å². The van der Waals surface area contributed by atoms with Crippen molar-refractivity contribution >= 4 is 34.7 Å². The predicted molar refractivity (Wildman–Crippen MR) is 126 cm³/mol. The fraction of sp³-hybridized carbons (Fsp3) is 0.167. The fourth-order valence-electron chi connectivity index (χ4n) is 2.76. The second kappa shape index (κ2) is 10.5. The zero-order chi connectivity index (χ0) is 22.2. The largest absolute Gasteiger partial charge is 0.385 e. The highest BCUT2D eigenvalue weighted by atomic mass is 35.5. The topological polar surface area (TPSA) is 92.2 Å². The molecule has 1 atom stereocenters. The number of hydrogen-bond acceptors (Lipinski definition) is 4. The molecule has 0 heterocycles. The molecule has 7 heteroatoms. The molecule has 0 spiro atoms. The number of benzene rings is 3. The molecule has 6 nitrogen and oxygen atoms in total. The number of hydrogen-bond donors (Lipinski definition) is 2. The number of carbonyl (C=O) groups is 1. The van der Waals surface area contributed by atoms with Crippen molar-refractivity contribution in [2.24, 2.45) is 21.0 Å². The van der Waals surface area contributed by atoms with Crippen LogP contribution in [0.15, 0.2) is 88.0 Å². The Morgan fingerprint density at radius 2 is 1.74 bits per heavy atom. The SMILES string of the molecule is Cc1ccc(CN=C(N)C(N=Nc2ccc(Cl)c(C)c2)C(=O)Nc2ccccc2)cc1. The minimum atomic E-state index is -1.07. The van der Waals surface area contributed by atoms with Crippen molar-refractivity contribution in [3.05, 3.63) is 94.5 Å². The van der Waals surface area contributed by atoms with Gasteiger partial charge in [0.1, 0.15) is 5.84 Å². The number of aliphatic imine (C=N–C) groups is 1. The molecule has 0 aliphatic heterocycles. The normalized spacial score (nSPS) is 12.7. The highest BCUT2D eigenvalue weighted by Gasteiger charge is 2.22. The second-order valence-electron chi connectivity index (χ2n) is 7.13. The van der Waals surface area contributed by atoms with E-state index in [1.807, 2.05) is 56.3 Å². The molecule has 31 heavy (non-hydrogen) atoms. The number of rotatable bonds is 7. The van der Waals surface area contributed by atoms with Crippen molar-refractivity contribution in [2.75, 3.05) is 5.32 Å². The summed E-state index contributed by atoms with van der Waals surface area (Å²) in [6, 6.07) is 21.2. The number of aryl methyl sites for hydroxylation is 2. The number of carbonyl (C=O) groups excluding carboxylic acids is 1. The second-order valence-corrected chi connectivity index (χ2v) is 7.54. The Kier molecular flexibility index (Phi) is 7.51. The maximum absolute atomic E-state index is 12.9. The quantitative estimate of drug-likeness (QED) is 0.288. The molecule has 1 amide bonds. The van der Waals surface area contributed by atoms with Crippen LogP contribution >= 0.6 is 11.6 Å². The number of amides is 1. The summed E-state index contributed by atoms with van der Waals surface area (Å²) in [5, 5.41) is 11.9. The van der Waals surface area contributed by atoms with Crippen LogP contribution in [0.1, 0.15) is 16.7 Å². The van der Waals surface area contributed by atoms with Gasteiger partial charge < -0.3 is 11.1 Å². The van der Waals surface area contributed by atoms with E-state index in [1.165, 1.54) is 0 Å². The lowest BCUT2D eigenvalue weighted by atomic mass is 10.1. The van der Waals surface area contributed by atoms with Gasteiger partial charge in [0.05, 0.1) is 12.2 Å². The Morgan fingerprint density at radius 3 is 2.42 bits per heavy atom. The van der Waals surface area contributed by atoms with E-state index < -0.39 is 11.9 Å². The van der Waals surface area contributed by atoms with Gasteiger partial charge in [-0.1, -0.05) is 59.6 Å². The van der Waals surface area contributed by atoms with Crippen LogP contribution in [0.25, 0.3) is 0 Å². The third-order valence-corrected chi connectivity index (χ3v) is 4.99. The van der Waals surface area contributed by atoms with Gasteiger partial charge in [0.25, 0.3) is 5.91 Å². The molecule has 0 aliphatic carbocycles. The van der Waals surface area contributed by atoms with E-state index in [-0.39, 0.29) is 5.84 Å². The van der Waals surface area contributed by atoms with Gasteiger partial charge >= 0.3 is 0 Å². The van der Waals surface area contributed by atoms with Crippen molar-refractivity contribution in [1.29, 1.82) is 0 Å². The summed E-state index contributed by atoms with van der Waals surface area (Å²) in [6.45, 7) is 4.24. The standard InChI is InChI=1S/C24H24ClN5O/c1-16-8-10-18(11-9-16)15-27-23(26)22(24(31)28-19-6-4-3-5-7-19)30-29-20-12-13-21(25)17(2)14-20/h3-14,22H,15H2,1-2H3,(H2,26,27)(H,28,31). The van der Waals surface area contributed by atoms with Crippen molar-refractivity contribution in [3.63, 3.8) is 0 Å². The lowest BCUT2D eigenvalue weighted by Crippen LogP contribution is -2.38. The highest BCUT2D eigenvalue weighted by molar-refractivity contribution is 6.31. The Bertz CT molecular complexity index is 1090. The average molecular weight is 434 g/mol. The number of nitrogens with two attached hydrogens (primary N) is 1. The summed E-state index contributed by atoms with van der Waals surface area (Å²) < 4.78 is 0. The Balaban J connectivity index is 1.83. The van der Waals surface area contributed by atoms with Crippen LogP contribution in [0.2, 0.25) is 5.02 Å². The molecule has 3 aromatic carbocycles. The molecule has 3 aromatic rings. The highest BCUT2D eigenvalue weighted by Crippen LogP contribution is 2.22. The fourth-order valence-corrected chi connectivity index (χ4v) is 2.87. The number of amidine groups is 1. The van der Waals surface area contributed by atoms with E-state index in [2.05, 4.69) is 20.5 Å². The number of nitrogens with zero attached hydrogens (tertiary/aromatic N) is 3. The smallest absolute Gasteiger partial charge is 0.258 e. The summed E-state index contributed by atoms with van der Waals surface area (Å²) in [6.07, 6.45) is 0. The summed E-state index contributed by atoms with van der Waals surface area (Å²) in [5.41, 5.74) is 10.4. The lowest BCUT2D eigenvalue weighted by molar-refractivity contribution is -0.116. The number of azo groups is 1. The molecule has 0 radical (unpaired) electrons. The van der Waals surface area contributed by atoms with Gasteiger partial charge in [-0.05, 0) is 55.3 Å². The van der Waals surface area contributed by atoms with Crippen molar-refractivity contribution in [3.8, 4) is 0 Å². The van der Waals surface area contributed by atoms with Gasteiger partial charge in [0.15, 0.2) is 0 Å². The Morgan fingerprint density at radius 1 is 1.03 bits per heavy atom. The first kappa shape index (κ1) is 22.2. The monoisotopic (exact) mass is 433 g/mol. The molecule has 0 aliphatic rings. The van der Waals surface area contributed by atoms with Crippen LogP contribution in [0.3, 0.4) is 0 Å². The van der Waals surface area contributed by atoms with Gasteiger partial charge in [0, 0.05) is 10.7 Å². The van der Waals surface area contributed by atoms with E-state index in [9.17, 15) is 4.79 Å². The maximum atomic E-state index is 12.9. The molecule has 0 aromatic heterocycles. The Labute approximate surface area is 186 Å². The predicted octanol–water partition coefficient (Wildman–Crippen LogP) is 5.61. The third-order valence-electron chi connectivity index (χ3n) is 4.56. The third kappa shape index (κ3) is 6.49. The summed E-state index contributed by atoms with van der Waals surface area (Å²) in [4.78, 5) is 17.3. The van der Waals surface area contributed by atoms with Gasteiger partial charge in [-0.2, -0.15) is 10.2 Å². The van der Waals surface area contributed by atoms with Gasteiger partial charge in [-0.15, -0.1) is 0 Å². The number of nitrogens with one attached hydrogen (secondary N) is 1. The molecule has 3 rings (SSSR count). The van der Waals surface area contributed by atoms with Crippen molar-refractivity contribution in [2.45, 2.75) is 26.4 Å². The van der Waals surface area contributed by atoms with Crippen molar-refractivity contribution in [1.82, 2.24) is 0 Å². The van der Waals surface area contributed by atoms with Crippen LogP contribution in [0, 0.1) is 13.8 Å². The summed E-state index contributed by atoms with van der Waals surface area (Å²) in [5.74, 6) is -0.325. The van der Waals surface area contributed by atoms with E-state index in [0.29, 0.717) is 22.9 Å². The molecule has 0 bridgehead atoms. The first-order chi connectivity index (χ1) is 14.9. The lowest BCUT2D eigenvalue weighted by Gasteiger charge is -2.12.